The van der Waals surface area contributed by atoms with E-state index < -0.39 is 58.9 Å². The number of aliphatic imine (C=N–C) groups is 1. The second kappa shape index (κ2) is 15.0. The number of hydrogen-bond donors (Lipinski definition) is 7. The fraction of sp³-hybridized carbons (Fsp3) is 0.440. The van der Waals surface area contributed by atoms with Crippen LogP contribution in [0.2, 0.25) is 0 Å². The minimum atomic E-state index is -4.98. The van der Waals surface area contributed by atoms with Crippen molar-refractivity contribution in [1.82, 2.24) is 44.5 Å². The molecule has 258 valence electrons. The van der Waals surface area contributed by atoms with Gasteiger partial charge in [0.25, 0.3) is 5.91 Å². The predicted octanol–water partition coefficient (Wildman–Crippen LogP) is -2.54. The number of nitrogens with zero attached hydrogens (tertiary/aromatic N) is 7. The minimum absolute atomic E-state index is 0.0334. The Bertz CT molecular complexity index is 1730. The summed E-state index contributed by atoms with van der Waals surface area (Å²) in [7, 11) is -4.98. The van der Waals surface area contributed by atoms with Gasteiger partial charge in [-0.3, -0.25) is 28.7 Å². The van der Waals surface area contributed by atoms with Gasteiger partial charge in [0, 0.05) is 17.1 Å². The van der Waals surface area contributed by atoms with E-state index in [0.29, 0.717) is 17.1 Å². The van der Waals surface area contributed by atoms with Crippen LogP contribution in [-0.2, 0) is 36.1 Å². The molecule has 4 heterocycles. The molecule has 9 N–H and O–H groups in total. The van der Waals surface area contributed by atoms with Crippen LogP contribution in [0.1, 0.15) is 30.3 Å². The molecule has 2 fully saturated rings. The number of nitrogens with two attached hydrogens (primary N) is 2. The topological polar surface area (TPSA) is 304 Å². The maximum Gasteiger partial charge on any atom is 0.362 e. The molecule has 2 aliphatic heterocycles. The zero-order valence-electron chi connectivity index (χ0n) is 24.9. The van der Waals surface area contributed by atoms with E-state index in [0.717, 1.165) is 37.5 Å². The number of rotatable bonds is 15. The molecular weight excluding hydrogens is 676 g/mol. The molecule has 0 spiro atoms. The highest BCUT2D eigenvalue weighted by Gasteiger charge is 2.54. The van der Waals surface area contributed by atoms with Crippen molar-refractivity contribution in [1.29, 1.82) is 0 Å². The summed E-state index contributed by atoms with van der Waals surface area (Å²) in [5.41, 5.74) is 14.8. The van der Waals surface area contributed by atoms with Crippen molar-refractivity contribution in [3.05, 3.63) is 48.3 Å². The summed E-state index contributed by atoms with van der Waals surface area (Å²) in [6, 6.07) is 2.31. The Morgan fingerprint density at radius 1 is 1.23 bits per heavy atom. The van der Waals surface area contributed by atoms with Crippen LogP contribution in [0.25, 0.3) is 0 Å². The van der Waals surface area contributed by atoms with Gasteiger partial charge in [-0.15, -0.1) is 0 Å². The number of nitrogens with one attached hydrogen (secondary N) is 3. The molecule has 0 aliphatic carbocycles. The van der Waals surface area contributed by atoms with Crippen molar-refractivity contribution in [2.75, 3.05) is 25.4 Å². The van der Waals surface area contributed by atoms with Crippen molar-refractivity contribution in [3.63, 3.8) is 0 Å². The summed E-state index contributed by atoms with van der Waals surface area (Å²) in [6.07, 6.45) is 2.52. The molecule has 5 rings (SSSR count). The number of aliphatic carboxylic acids is 1. The number of carbonyl (C=O) groups excluding carboxylic acids is 2. The highest BCUT2D eigenvalue weighted by atomic mass is 32.2. The number of hydroxylamine groups is 1. The quantitative estimate of drug-likeness (QED) is 0.0281. The molecule has 21 nitrogen and oxygen atoms in total. The molecule has 23 heteroatoms. The summed E-state index contributed by atoms with van der Waals surface area (Å²) < 4.78 is 44.2. The molecule has 48 heavy (non-hydrogen) atoms. The van der Waals surface area contributed by atoms with Crippen LogP contribution in [0.15, 0.2) is 41.9 Å². The van der Waals surface area contributed by atoms with Crippen LogP contribution >= 0.6 is 11.5 Å². The van der Waals surface area contributed by atoms with E-state index in [9.17, 15) is 32.5 Å². The van der Waals surface area contributed by atoms with E-state index in [1.807, 2.05) is 0 Å². The van der Waals surface area contributed by atoms with Crippen LogP contribution in [0, 0.1) is 0 Å². The normalized spacial score (nSPS) is 20.1. The molecule has 1 aromatic carbocycles. The molecule has 3 aromatic rings. The largest absolute Gasteiger partial charge is 0.490 e. The number of carbonyl (C=O) groups is 3. The summed E-state index contributed by atoms with van der Waals surface area (Å²) >= 11 is 0.731. The number of benzene rings is 1. The van der Waals surface area contributed by atoms with Gasteiger partial charge in [0.15, 0.2) is 17.0 Å². The zero-order chi connectivity index (χ0) is 34.4. The lowest BCUT2D eigenvalue weighted by atomic mass is 9.98. The van der Waals surface area contributed by atoms with Crippen LogP contribution < -0.4 is 32.3 Å². The van der Waals surface area contributed by atoms with E-state index >= 15 is 0 Å². The van der Waals surface area contributed by atoms with Crippen molar-refractivity contribution in [2.24, 2.45) is 10.7 Å². The van der Waals surface area contributed by atoms with Gasteiger partial charge >= 0.3 is 16.3 Å². The molecule has 0 bridgehead atoms. The van der Waals surface area contributed by atoms with E-state index in [1.165, 1.54) is 17.3 Å². The number of β-lactam (4-membered cyclic amide) rings is 1. The monoisotopic (exact) mass is 708 g/mol. The second-order valence-electron chi connectivity index (χ2n) is 10.6. The SMILES string of the molecule is NC(=NC1CCNCC1)c1ccc(OC[C@H](ONC(C(=O)N[C@@H]2C(=O)N(S(=O)(=O)O)[C@@H]2Cn2cncn2)c2nsc(N)n2)C(=O)O)cc1. The molecule has 0 saturated carbocycles. The number of carboxylic acids is 1. The first kappa shape index (κ1) is 34.5. The maximum absolute atomic E-state index is 13.4. The standard InChI is InChI=1S/C25H32N12O9S2/c26-20(31-14-5-7-28-8-6-14)13-1-3-15(4-2-13)45-10-17(24(40)41)46-34-19(21-33-25(27)47-35-21)22(38)32-18-16(9-36-12-29-11-30-36)37(23(18)39)48(42,43)44/h1-4,11-12,14,16-19,28,34H,5-10H2,(H2,26,31)(H,32,38)(H,40,41)(H2,27,33,35)(H,42,43,44)/t16-,17+,18+,19?/m1/s1. The van der Waals surface area contributed by atoms with Gasteiger partial charge in [-0.05, 0) is 50.2 Å². The maximum atomic E-state index is 13.4. The molecule has 4 atom stereocenters. The van der Waals surface area contributed by atoms with Crippen molar-refractivity contribution in [2.45, 2.75) is 49.7 Å². The smallest absolute Gasteiger partial charge is 0.362 e. The molecule has 1 unspecified atom stereocenters. The first-order valence-corrected chi connectivity index (χ1v) is 16.5. The molecule has 2 aromatic heterocycles. The lowest BCUT2D eigenvalue weighted by Gasteiger charge is -2.44. The minimum Gasteiger partial charge on any atom is -0.490 e. The van der Waals surface area contributed by atoms with Gasteiger partial charge in [-0.25, -0.2) is 19.1 Å². The number of amidine groups is 1. The number of piperidine rings is 1. The highest BCUT2D eigenvalue weighted by Crippen LogP contribution is 2.26. The van der Waals surface area contributed by atoms with E-state index in [4.69, 9.17) is 21.0 Å². The van der Waals surface area contributed by atoms with Gasteiger partial charge in [0.1, 0.15) is 36.9 Å². The molecular formula is C25H32N12O9S2. The Balaban J connectivity index is 1.23. The van der Waals surface area contributed by atoms with Gasteiger partial charge in [0.2, 0.25) is 12.0 Å². The third-order valence-electron chi connectivity index (χ3n) is 7.32. The molecule has 2 amide bonds. The van der Waals surface area contributed by atoms with Crippen LogP contribution in [0.3, 0.4) is 0 Å². The highest BCUT2D eigenvalue weighted by molar-refractivity contribution is 7.84. The van der Waals surface area contributed by atoms with Crippen molar-refractivity contribution >= 4 is 50.6 Å². The summed E-state index contributed by atoms with van der Waals surface area (Å²) in [5.74, 6) is -3.14. The molecule has 2 aliphatic rings. The van der Waals surface area contributed by atoms with Crippen molar-refractivity contribution in [3.8, 4) is 5.75 Å². The first-order valence-electron chi connectivity index (χ1n) is 14.3. The van der Waals surface area contributed by atoms with Crippen LogP contribution in [-0.4, -0.2) is 114 Å². The lowest BCUT2D eigenvalue weighted by Crippen LogP contribution is -2.73. The number of ether oxygens (including phenoxy) is 1. The Morgan fingerprint density at radius 2 is 1.96 bits per heavy atom. The Labute approximate surface area is 276 Å². The number of carboxylic acid groups (broad SMARTS) is 1. The first-order chi connectivity index (χ1) is 22.9. The van der Waals surface area contributed by atoms with Gasteiger partial charge in [0.05, 0.1) is 18.6 Å². The summed E-state index contributed by atoms with van der Waals surface area (Å²) in [5, 5.41) is 19.2. The number of aromatic nitrogens is 5. The Hall–Kier alpha value is -4.81. The number of anilines is 1. The predicted molar refractivity (Wildman–Crippen MR) is 165 cm³/mol. The van der Waals surface area contributed by atoms with Crippen LogP contribution in [0.5, 0.6) is 5.75 Å². The second-order valence-corrected chi connectivity index (χ2v) is 12.7. The average molecular weight is 709 g/mol. The van der Waals surface area contributed by atoms with Crippen LogP contribution in [0.4, 0.5) is 5.13 Å². The molecule has 2 saturated heterocycles. The number of nitrogen functional groups attached to an aromatic ring is 1. The van der Waals surface area contributed by atoms with Gasteiger partial charge in [-0.2, -0.15) is 23.4 Å². The number of amides is 2. The average Bonchev–Trinajstić information content (AvgIpc) is 3.73. The van der Waals surface area contributed by atoms with E-state index in [-0.39, 0.29) is 27.8 Å². The van der Waals surface area contributed by atoms with Gasteiger partial charge < -0.3 is 31.9 Å². The number of hydrogen-bond acceptors (Lipinski definition) is 16. The summed E-state index contributed by atoms with van der Waals surface area (Å²) in [6.45, 7) is 0.976. The third kappa shape index (κ3) is 8.36. The van der Waals surface area contributed by atoms with Gasteiger partial charge in [-0.1, -0.05) is 0 Å². The fourth-order valence-electron chi connectivity index (χ4n) is 4.89. The van der Waals surface area contributed by atoms with E-state index in [2.05, 4.69) is 40.5 Å². The zero-order valence-corrected chi connectivity index (χ0v) is 26.6. The van der Waals surface area contributed by atoms with Crippen molar-refractivity contribution < 1.29 is 42.0 Å². The fourth-order valence-corrected chi connectivity index (χ4v) is 6.23. The third-order valence-corrected chi connectivity index (χ3v) is 8.82. The lowest BCUT2D eigenvalue weighted by molar-refractivity contribution is -0.163. The Kier molecular flexibility index (Phi) is 10.8. The summed E-state index contributed by atoms with van der Waals surface area (Å²) in [4.78, 5) is 55.6. The Morgan fingerprint density at radius 3 is 2.56 bits per heavy atom. The van der Waals surface area contributed by atoms with E-state index in [1.54, 1.807) is 24.3 Å². The molecule has 0 radical (unpaired) electrons.